The van der Waals surface area contributed by atoms with Gasteiger partial charge in [0.15, 0.2) is 0 Å². The van der Waals surface area contributed by atoms with E-state index >= 15 is 0 Å². The number of nitrogens with one attached hydrogen (secondary N) is 2. The molecule has 0 aromatic heterocycles. The van der Waals surface area contributed by atoms with Crippen LogP contribution in [0.25, 0.3) is 0 Å². The average molecular weight is 318 g/mol. The molecular formula is C13H20ClN3O2S. The maximum Gasteiger partial charge on any atom is 0.242 e. The summed E-state index contributed by atoms with van der Waals surface area (Å²) in [6, 6.07) is 4.95. The fourth-order valence-corrected chi connectivity index (χ4v) is 3.79. The Hall–Kier alpha value is -0.660. The average Bonchev–Trinajstić information content (AvgIpc) is 2.39. The van der Waals surface area contributed by atoms with Crippen LogP contribution in [0.1, 0.15) is 5.56 Å². The molecule has 5 nitrogen and oxygen atoms in total. The van der Waals surface area contributed by atoms with Crippen molar-refractivity contribution in [1.29, 1.82) is 0 Å². The second kappa shape index (κ2) is 6.87. The van der Waals surface area contributed by atoms with E-state index in [2.05, 4.69) is 14.9 Å². The Labute approximate surface area is 125 Å². The van der Waals surface area contributed by atoms with E-state index in [0.29, 0.717) is 13.1 Å². The lowest BCUT2D eigenvalue weighted by molar-refractivity contribution is 0.245. The third-order valence-electron chi connectivity index (χ3n) is 3.31. The Bertz CT molecular complexity index is 557. The maximum absolute atomic E-state index is 12.2. The van der Waals surface area contributed by atoms with Gasteiger partial charge < -0.3 is 5.32 Å². The van der Waals surface area contributed by atoms with Gasteiger partial charge in [0.2, 0.25) is 10.0 Å². The zero-order valence-electron chi connectivity index (χ0n) is 11.5. The molecular weight excluding hydrogens is 298 g/mol. The second-order valence-electron chi connectivity index (χ2n) is 4.92. The molecule has 0 unspecified atom stereocenters. The molecule has 112 valence electrons. The van der Waals surface area contributed by atoms with Crippen molar-refractivity contribution in [3.8, 4) is 0 Å². The first-order valence-corrected chi connectivity index (χ1v) is 8.54. The van der Waals surface area contributed by atoms with Crippen molar-refractivity contribution in [3.63, 3.8) is 0 Å². The summed E-state index contributed by atoms with van der Waals surface area (Å²) in [5.74, 6) is 0. The first kappa shape index (κ1) is 15.7. The minimum absolute atomic E-state index is 0.144. The van der Waals surface area contributed by atoms with Crippen LogP contribution in [0.5, 0.6) is 0 Å². The lowest BCUT2D eigenvalue weighted by Gasteiger charge is -2.27. The summed E-state index contributed by atoms with van der Waals surface area (Å²) in [5.41, 5.74) is 0.940. The van der Waals surface area contributed by atoms with Crippen molar-refractivity contribution >= 4 is 21.6 Å². The van der Waals surface area contributed by atoms with Gasteiger partial charge in [0.25, 0.3) is 0 Å². The fourth-order valence-electron chi connectivity index (χ4n) is 2.17. The van der Waals surface area contributed by atoms with Crippen LogP contribution >= 0.6 is 11.6 Å². The number of hydrogen-bond donors (Lipinski definition) is 2. The molecule has 0 bridgehead atoms. The predicted octanol–water partition coefficient (Wildman–Crippen LogP) is 0.832. The zero-order chi connectivity index (χ0) is 14.6. The summed E-state index contributed by atoms with van der Waals surface area (Å²) in [5, 5.41) is 3.53. The predicted molar refractivity (Wildman–Crippen MR) is 80.7 cm³/mol. The molecule has 0 aliphatic carbocycles. The Balaban J connectivity index is 1.93. The summed E-state index contributed by atoms with van der Waals surface area (Å²) in [7, 11) is -3.53. The van der Waals surface area contributed by atoms with Gasteiger partial charge >= 0.3 is 0 Å². The Kier molecular flexibility index (Phi) is 5.40. The maximum atomic E-state index is 12.2. The highest BCUT2D eigenvalue weighted by Gasteiger charge is 2.18. The van der Waals surface area contributed by atoms with Crippen LogP contribution in [0, 0.1) is 6.92 Å². The fraction of sp³-hybridized carbons (Fsp3) is 0.538. The molecule has 1 saturated heterocycles. The van der Waals surface area contributed by atoms with Gasteiger partial charge in [0, 0.05) is 39.3 Å². The van der Waals surface area contributed by atoms with Crippen LogP contribution in [0.3, 0.4) is 0 Å². The number of halogens is 1. The van der Waals surface area contributed by atoms with Crippen LogP contribution in [0.4, 0.5) is 0 Å². The van der Waals surface area contributed by atoms with Crippen molar-refractivity contribution in [2.45, 2.75) is 11.8 Å². The lowest BCUT2D eigenvalue weighted by Crippen LogP contribution is -2.46. The van der Waals surface area contributed by atoms with Crippen molar-refractivity contribution in [1.82, 2.24) is 14.9 Å². The minimum Gasteiger partial charge on any atom is -0.314 e. The van der Waals surface area contributed by atoms with E-state index < -0.39 is 10.0 Å². The molecule has 1 aliphatic rings. The largest absolute Gasteiger partial charge is 0.314 e. The van der Waals surface area contributed by atoms with E-state index in [1.165, 1.54) is 0 Å². The molecule has 1 heterocycles. The zero-order valence-corrected chi connectivity index (χ0v) is 13.1. The van der Waals surface area contributed by atoms with Gasteiger partial charge in [0.1, 0.15) is 4.90 Å². The van der Waals surface area contributed by atoms with Crippen molar-refractivity contribution < 1.29 is 8.42 Å². The minimum atomic E-state index is -3.53. The van der Waals surface area contributed by atoms with Gasteiger partial charge in [-0.2, -0.15) is 0 Å². The SMILES string of the molecule is Cc1ccc(S(=O)(=O)NCCN2CCNCC2)c(Cl)c1. The highest BCUT2D eigenvalue weighted by Crippen LogP contribution is 2.22. The molecule has 7 heteroatoms. The summed E-state index contributed by atoms with van der Waals surface area (Å²) >= 11 is 6.00. The van der Waals surface area contributed by atoms with E-state index in [9.17, 15) is 8.42 Å². The van der Waals surface area contributed by atoms with Crippen LogP contribution < -0.4 is 10.0 Å². The standard InChI is InChI=1S/C13H20ClN3O2S/c1-11-2-3-13(12(14)10-11)20(18,19)16-6-9-17-7-4-15-5-8-17/h2-3,10,15-16H,4-9H2,1H3. The van der Waals surface area contributed by atoms with E-state index in [1.54, 1.807) is 18.2 Å². The number of benzene rings is 1. The smallest absolute Gasteiger partial charge is 0.242 e. The van der Waals surface area contributed by atoms with Gasteiger partial charge in [-0.3, -0.25) is 4.90 Å². The van der Waals surface area contributed by atoms with Crippen molar-refractivity contribution in [2.24, 2.45) is 0 Å². The molecule has 0 radical (unpaired) electrons. The molecule has 1 fully saturated rings. The molecule has 0 amide bonds. The second-order valence-corrected chi connectivity index (χ2v) is 7.07. The van der Waals surface area contributed by atoms with Crippen LogP contribution in [0.2, 0.25) is 5.02 Å². The first-order chi connectivity index (χ1) is 9.49. The van der Waals surface area contributed by atoms with Crippen LogP contribution in [-0.2, 0) is 10.0 Å². The number of aryl methyl sites for hydroxylation is 1. The van der Waals surface area contributed by atoms with E-state index in [0.717, 1.165) is 31.7 Å². The molecule has 20 heavy (non-hydrogen) atoms. The quantitative estimate of drug-likeness (QED) is 0.844. The van der Waals surface area contributed by atoms with Gasteiger partial charge in [0.05, 0.1) is 5.02 Å². The summed E-state index contributed by atoms with van der Waals surface area (Å²) in [6.07, 6.45) is 0. The van der Waals surface area contributed by atoms with Crippen molar-refractivity contribution in [3.05, 3.63) is 28.8 Å². The lowest BCUT2D eigenvalue weighted by atomic mass is 10.2. The highest BCUT2D eigenvalue weighted by atomic mass is 35.5. The van der Waals surface area contributed by atoms with Gasteiger partial charge in [-0.05, 0) is 24.6 Å². The van der Waals surface area contributed by atoms with E-state index in [1.807, 2.05) is 6.92 Å². The molecule has 1 aliphatic heterocycles. The van der Waals surface area contributed by atoms with Gasteiger partial charge in [-0.25, -0.2) is 13.1 Å². The number of piperazine rings is 1. The topological polar surface area (TPSA) is 61.4 Å². The van der Waals surface area contributed by atoms with Gasteiger partial charge in [-0.15, -0.1) is 0 Å². The Morgan fingerprint density at radius 2 is 2.05 bits per heavy atom. The van der Waals surface area contributed by atoms with E-state index in [4.69, 9.17) is 11.6 Å². The molecule has 2 rings (SSSR count). The van der Waals surface area contributed by atoms with Crippen LogP contribution in [0.15, 0.2) is 23.1 Å². The Morgan fingerprint density at radius 1 is 1.35 bits per heavy atom. The Morgan fingerprint density at radius 3 is 2.70 bits per heavy atom. The molecule has 0 saturated carbocycles. The molecule has 0 spiro atoms. The third kappa shape index (κ3) is 4.17. The van der Waals surface area contributed by atoms with Gasteiger partial charge in [-0.1, -0.05) is 17.7 Å². The molecule has 0 atom stereocenters. The molecule has 1 aromatic carbocycles. The third-order valence-corrected chi connectivity index (χ3v) is 5.25. The monoisotopic (exact) mass is 317 g/mol. The van der Waals surface area contributed by atoms with Crippen molar-refractivity contribution in [2.75, 3.05) is 39.3 Å². The number of hydrogen-bond acceptors (Lipinski definition) is 4. The molecule has 1 aromatic rings. The first-order valence-electron chi connectivity index (χ1n) is 6.68. The normalized spacial score (nSPS) is 17.3. The van der Waals surface area contributed by atoms with Crippen LogP contribution in [-0.4, -0.2) is 52.6 Å². The number of nitrogens with zero attached hydrogens (tertiary/aromatic N) is 1. The summed E-state index contributed by atoms with van der Waals surface area (Å²) < 4.78 is 27.0. The molecule has 2 N–H and O–H groups in total. The van der Waals surface area contributed by atoms with E-state index in [-0.39, 0.29) is 9.92 Å². The highest BCUT2D eigenvalue weighted by molar-refractivity contribution is 7.89. The number of sulfonamides is 1. The summed E-state index contributed by atoms with van der Waals surface area (Å²) in [4.78, 5) is 2.38. The number of rotatable bonds is 5. The summed E-state index contributed by atoms with van der Waals surface area (Å²) in [6.45, 7) is 6.80.